The molecule has 1 N–H and O–H groups in total. The highest BCUT2D eigenvalue weighted by Gasteiger charge is 2.07. The summed E-state index contributed by atoms with van der Waals surface area (Å²) in [5.74, 6) is 0.528. The van der Waals surface area contributed by atoms with Gasteiger partial charge in [0, 0.05) is 21.9 Å². The molecule has 0 fully saturated rings. The van der Waals surface area contributed by atoms with Gasteiger partial charge >= 0.3 is 5.97 Å². The van der Waals surface area contributed by atoms with Crippen LogP contribution in [0.5, 0.6) is 5.75 Å². The molecule has 0 radical (unpaired) electrons. The van der Waals surface area contributed by atoms with Crippen LogP contribution in [-0.4, -0.2) is 33.2 Å². The van der Waals surface area contributed by atoms with Crippen LogP contribution in [-0.2, 0) is 11.3 Å². The molecule has 1 aromatic heterocycles. The topological polar surface area (TPSA) is 64.4 Å². The van der Waals surface area contributed by atoms with Gasteiger partial charge in [-0.25, -0.2) is 4.79 Å². The summed E-state index contributed by atoms with van der Waals surface area (Å²) in [6, 6.07) is 18.1. The number of nitrogens with zero attached hydrogens (tertiary/aromatic N) is 2. The Bertz CT molecular complexity index is 922. The zero-order valence-corrected chi connectivity index (χ0v) is 16.2. The van der Waals surface area contributed by atoms with Crippen molar-refractivity contribution in [2.45, 2.75) is 25.3 Å². The minimum absolute atomic E-state index is 0.324. The SMILES string of the molecule is Cc1cc(SCCn2nc(-c3ccccc3)cc2C)ccc1OCC(=O)O. The first-order valence-electron chi connectivity index (χ1n) is 8.71. The minimum Gasteiger partial charge on any atom is -0.482 e. The number of ether oxygens (including phenoxy) is 1. The van der Waals surface area contributed by atoms with Gasteiger partial charge in [-0.05, 0) is 43.7 Å². The summed E-state index contributed by atoms with van der Waals surface area (Å²) in [4.78, 5) is 11.7. The normalized spacial score (nSPS) is 10.7. The fourth-order valence-corrected chi connectivity index (χ4v) is 3.67. The average molecular weight is 382 g/mol. The van der Waals surface area contributed by atoms with Gasteiger partial charge < -0.3 is 9.84 Å². The van der Waals surface area contributed by atoms with Gasteiger partial charge in [0.1, 0.15) is 5.75 Å². The molecule has 0 saturated heterocycles. The van der Waals surface area contributed by atoms with Crippen molar-refractivity contribution in [2.24, 2.45) is 0 Å². The van der Waals surface area contributed by atoms with E-state index in [-0.39, 0.29) is 6.61 Å². The van der Waals surface area contributed by atoms with E-state index >= 15 is 0 Å². The van der Waals surface area contributed by atoms with E-state index in [1.54, 1.807) is 11.8 Å². The predicted octanol–water partition coefficient (Wildman–Crippen LogP) is 4.42. The monoisotopic (exact) mass is 382 g/mol. The van der Waals surface area contributed by atoms with E-state index in [4.69, 9.17) is 14.9 Å². The van der Waals surface area contributed by atoms with Gasteiger partial charge in [-0.1, -0.05) is 30.3 Å². The summed E-state index contributed by atoms with van der Waals surface area (Å²) in [5, 5.41) is 13.4. The summed E-state index contributed by atoms with van der Waals surface area (Å²) < 4.78 is 7.30. The van der Waals surface area contributed by atoms with Crippen LogP contribution >= 0.6 is 11.8 Å². The molecule has 3 aromatic rings. The van der Waals surface area contributed by atoms with Crippen LogP contribution in [0.1, 0.15) is 11.3 Å². The number of benzene rings is 2. The van der Waals surface area contributed by atoms with Crippen LogP contribution < -0.4 is 4.74 Å². The molecule has 0 unspecified atom stereocenters. The highest BCUT2D eigenvalue weighted by molar-refractivity contribution is 7.99. The van der Waals surface area contributed by atoms with E-state index in [0.29, 0.717) is 5.75 Å². The molecule has 0 bridgehead atoms. The van der Waals surface area contributed by atoms with Crippen LogP contribution in [0.2, 0.25) is 0 Å². The van der Waals surface area contributed by atoms with Crippen LogP contribution in [0, 0.1) is 13.8 Å². The first-order chi connectivity index (χ1) is 13.0. The van der Waals surface area contributed by atoms with E-state index in [0.717, 1.165) is 39.7 Å². The summed E-state index contributed by atoms with van der Waals surface area (Å²) in [7, 11) is 0. The van der Waals surface area contributed by atoms with E-state index in [2.05, 4.69) is 25.1 Å². The molecule has 2 aromatic carbocycles. The maximum absolute atomic E-state index is 10.6. The van der Waals surface area contributed by atoms with Gasteiger partial charge in [-0.3, -0.25) is 4.68 Å². The second-order valence-corrected chi connectivity index (χ2v) is 7.39. The zero-order valence-electron chi connectivity index (χ0n) is 15.4. The Balaban J connectivity index is 1.58. The molecule has 0 saturated carbocycles. The number of thioether (sulfide) groups is 1. The Morgan fingerprint density at radius 3 is 2.63 bits per heavy atom. The Kier molecular flexibility index (Phi) is 6.19. The van der Waals surface area contributed by atoms with Crippen molar-refractivity contribution in [2.75, 3.05) is 12.4 Å². The maximum atomic E-state index is 10.6. The third-order valence-corrected chi connectivity index (χ3v) is 5.09. The molecule has 0 aliphatic carbocycles. The Morgan fingerprint density at radius 2 is 1.93 bits per heavy atom. The van der Waals surface area contributed by atoms with Gasteiger partial charge in [-0.15, -0.1) is 11.8 Å². The minimum atomic E-state index is -0.975. The van der Waals surface area contributed by atoms with Gasteiger partial charge in [0.05, 0.1) is 12.2 Å². The average Bonchev–Trinajstić information content (AvgIpc) is 3.02. The third kappa shape index (κ3) is 5.14. The number of carbonyl (C=O) groups is 1. The molecular formula is C21H22N2O3S. The molecular weight excluding hydrogens is 360 g/mol. The number of aryl methyl sites for hydroxylation is 3. The predicted molar refractivity (Wildman–Crippen MR) is 107 cm³/mol. The number of hydrogen-bond donors (Lipinski definition) is 1. The van der Waals surface area contributed by atoms with Crippen molar-refractivity contribution in [1.82, 2.24) is 9.78 Å². The Hall–Kier alpha value is -2.73. The van der Waals surface area contributed by atoms with Crippen molar-refractivity contribution in [3.8, 4) is 17.0 Å². The van der Waals surface area contributed by atoms with E-state index < -0.39 is 5.97 Å². The molecule has 27 heavy (non-hydrogen) atoms. The molecule has 1 heterocycles. The highest BCUT2D eigenvalue weighted by Crippen LogP contribution is 2.26. The fourth-order valence-electron chi connectivity index (χ4n) is 2.75. The number of aromatic nitrogens is 2. The van der Waals surface area contributed by atoms with Gasteiger partial charge in [-0.2, -0.15) is 5.10 Å². The number of carboxylic acids is 1. The number of rotatable bonds is 8. The van der Waals surface area contributed by atoms with E-state index in [9.17, 15) is 4.79 Å². The lowest BCUT2D eigenvalue weighted by Crippen LogP contribution is -2.10. The largest absolute Gasteiger partial charge is 0.482 e. The first-order valence-corrected chi connectivity index (χ1v) is 9.69. The van der Waals surface area contributed by atoms with Crippen LogP contribution in [0.15, 0.2) is 59.5 Å². The summed E-state index contributed by atoms with van der Waals surface area (Å²) in [6.45, 7) is 4.49. The molecule has 6 heteroatoms. The second-order valence-electron chi connectivity index (χ2n) is 6.22. The zero-order chi connectivity index (χ0) is 19.2. The van der Waals surface area contributed by atoms with Crippen molar-refractivity contribution in [1.29, 1.82) is 0 Å². The summed E-state index contributed by atoms with van der Waals surface area (Å²) in [5.41, 5.74) is 4.19. The molecule has 5 nitrogen and oxygen atoms in total. The molecule has 0 amide bonds. The molecule has 3 rings (SSSR count). The van der Waals surface area contributed by atoms with Crippen LogP contribution in [0.25, 0.3) is 11.3 Å². The van der Waals surface area contributed by atoms with Crippen LogP contribution in [0.4, 0.5) is 0 Å². The molecule has 0 atom stereocenters. The lowest BCUT2D eigenvalue weighted by Gasteiger charge is -2.09. The van der Waals surface area contributed by atoms with Crippen molar-refractivity contribution in [3.63, 3.8) is 0 Å². The molecule has 0 aliphatic rings. The summed E-state index contributed by atoms with van der Waals surface area (Å²) in [6.07, 6.45) is 0. The Labute approximate surface area is 163 Å². The summed E-state index contributed by atoms with van der Waals surface area (Å²) >= 11 is 1.74. The molecule has 140 valence electrons. The van der Waals surface area contributed by atoms with Crippen molar-refractivity contribution < 1.29 is 14.6 Å². The highest BCUT2D eigenvalue weighted by atomic mass is 32.2. The van der Waals surface area contributed by atoms with Crippen molar-refractivity contribution in [3.05, 3.63) is 65.9 Å². The molecule has 0 spiro atoms. The van der Waals surface area contributed by atoms with Gasteiger partial charge in [0.25, 0.3) is 0 Å². The first kappa shape index (κ1) is 19.0. The van der Waals surface area contributed by atoms with E-state index in [1.807, 2.05) is 48.0 Å². The third-order valence-electron chi connectivity index (χ3n) is 4.12. The Morgan fingerprint density at radius 1 is 1.15 bits per heavy atom. The van der Waals surface area contributed by atoms with Crippen molar-refractivity contribution >= 4 is 17.7 Å². The smallest absolute Gasteiger partial charge is 0.341 e. The lowest BCUT2D eigenvalue weighted by molar-refractivity contribution is -0.139. The second kappa shape index (κ2) is 8.77. The fraction of sp³-hybridized carbons (Fsp3) is 0.238. The number of carboxylic acid groups (broad SMARTS) is 1. The lowest BCUT2D eigenvalue weighted by atomic mass is 10.1. The van der Waals surface area contributed by atoms with Gasteiger partial charge in [0.2, 0.25) is 0 Å². The van der Waals surface area contributed by atoms with Crippen LogP contribution in [0.3, 0.4) is 0 Å². The maximum Gasteiger partial charge on any atom is 0.341 e. The quantitative estimate of drug-likeness (QED) is 0.584. The standard InChI is InChI=1S/C21H22N2O3S/c1-15-12-18(8-9-20(15)26-14-21(24)25)27-11-10-23-16(2)13-19(22-23)17-6-4-3-5-7-17/h3-9,12-13H,10-11,14H2,1-2H3,(H,24,25). The number of hydrogen-bond acceptors (Lipinski definition) is 4. The van der Waals surface area contributed by atoms with E-state index in [1.165, 1.54) is 0 Å². The molecule has 0 aliphatic heterocycles. The van der Waals surface area contributed by atoms with Gasteiger partial charge in [0.15, 0.2) is 6.61 Å². The number of aliphatic carboxylic acids is 1.